The second-order valence-corrected chi connectivity index (χ2v) is 4.04. The molecule has 1 aromatic heterocycles. The van der Waals surface area contributed by atoms with Crippen LogP contribution in [0.15, 0.2) is 18.9 Å². The zero-order chi connectivity index (χ0) is 12.5. The minimum Gasteiger partial charge on any atom is -0.381 e. The topological polar surface area (TPSA) is 39.1 Å². The van der Waals surface area contributed by atoms with Crippen LogP contribution in [0.3, 0.4) is 0 Å². The highest BCUT2D eigenvalue weighted by Gasteiger charge is 2.02. The van der Waals surface area contributed by atoms with E-state index in [9.17, 15) is 0 Å². The van der Waals surface area contributed by atoms with Gasteiger partial charge in [-0.3, -0.25) is 0 Å². The minimum absolute atomic E-state index is 0.787. The summed E-state index contributed by atoms with van der Waals surface area (Å²) in [5.41, 5.74) is 1.02. The predicted molar refractivity (Wildman–Crippen MR) is 71.4 cm³/mol. The molecular formula is C13H23N3O. The van der Waals surface area contributed by atoms with Crippen LogP contribution < -0.4 is 5.32 Å². The molecule has 4 heteroatoms. The average Bonchev–Trinajstić information content (AvgIpc) is 2.65. The SMILES string of the molecule is C=CCn1cc(C)nc1NCCCOCCC. The molecule has 17 heavy (non-hydrogen) atoms. The molecule has 0 aliphatic heterocycles. The second-order valence-electron chi connectivity index (χ2n) is 4.04. The first-order valence-corrected chi connectivity index (χ1v) is 6.24. The summed E-state index contributed by atoms with van der Waals surface area (Å²) >= 11 is 0. The molecule has 1 aromatic rings. The second kappa shape index (κ2) is 7.90. The molecule has 1 N–H and O–H groups in total. The van der Waals surface area contributed by atoms with Crippen molar-refractivity contribution in [2.24, 2.45) is 0 Å². The van der Waals surface area contributed by atoms with Crippen LogP contribution in [0.5, 0.6) is 0 Å². The van der Waals surface area contributed by atoms with Crippen molar-refractivity contribution in [3.63, 3.8) is 0 Å². The first kappa shape index (κ1) is 13.8. The van der Waals surface area contributed by atoms with E-state index in [0.717, 1.165) is 50.8 Å². The molecule has 1 rings (SSSR count). The van der Waals surface area contributed by atoms with Crippen molar-refractivity contribution in [2.75, 3.05) is 25.1 Å². The molecule has 0 amide bonds. The number of hydrogen-bond donors (Lipinski definition) is 1. The molecule has 96 valence electrons. The Hall–Kier alpha value is -1.29. The van der Waals surface area contributed by atoms with Gasteiger partial charge in [-0.25, -0.2) is 4.98 Å². The number of imidazole rings is 1. The van der Waals surface area contributed by atoms with Gasteiger partial charge in [-0.2, -0.15) is 0 Å². The van der Waals surface area contributed by atoms with Crippen LogP contribution in [-0.4, -0.2) is 29.3 Å². The number of anilines is 1. The lowest BCUT2D eigenvalue weighted by Crippen LogP contribution is -2.10. The van der Waals surface area contributed by atoms with Crippen molar-refractivity contribution in [1.29, 1.82) is 0 Å². The zero-order valence-corrected chi connectivity index (χ0v) is 10.9. The highest BCUT2D eigenvalue weighted by molar-refractivity contribution is 5.28. The Morgan fingerprint density at radius 2 is 2.35 bits per heavy atom. The van der Waals surface area contributed by atoms with Gasteiger partial charge in [0.25, 0.3) is 0 Å². The maximum absolute atomic E-state index is 5.42. The normalized spacial score (nSPS) is 10.5. The van der Waals surface area contributed by atoms with E-state index >= 15 is 0 Å². The van der Waals surface area contributed by atoms with E-state index in [1.807, 2.05) is 19.2 Å². The van der Waals surface area contributed by atoms with Crippen LogP contribution in [0, 0.1) is 6.92 Å². The molecule has 0 saturated carbocycles. The molecule has 0 bridgehead atoms. The number of aromatic nitrogens is 2. The fourth-order valence-corrected chi connectivity index (χ4v) is 1.59. The van der Waals surface area contributed by atoms with Crippen molar-refractivity contribution in [1.82, 2.24) is 9.55 Å². The van der Waals surface area contributed by atoms with E-state index in [2.05, 4.69) is 28.4 Å². The summed E-state index contributed by atoms with van der Waals surface area (Å²) in [7, 11) is 0. The lowest BCUT2D eigenvalue weighted by atomic mass is 10.4. The van der Waals surface area contributed by atoms with Crippen molar-refractivity contribution in [3.05, 3.63) is 24.5 Å². The fourth-order valence-electron chi connectivity index (χ4n) is 1.59. The summed E-state index contributed by atoms with van der Waals surface area (Å²) in [6.07, 6.45) is 5.98. The third-order valence-electron chi connectivity index (χ3n) is 2.32. The largest absolute Gasteiger partial charge is 0.381 e. The van der Waals surface area contributed by atoms with E-state index in [0.29, 0.717) is 0 Å². The van der Waals surface area contributed by atoms with Crippen LogP contribution in [0.2, 0.25) is 0 Å². The van der Waals surface area contributed by atoms with Crippen molar-refractivity contribution >= 4 is 5.95 Å². The Morgan fingerprint density at radius 3 is 3.06 bits per heavy atom. The molecular weight excluding hydrogens is 214 g/mol. The van der Waals surface area contributed by atoms with Gasteiger partial charge >= 0.3 is 0 Å². The number of allylic oxidation sites excluding steroid dienone is 1. The lowest BCUT2D eigenvalue weighted by Gasteiger charge is -2.07. The molecule has 0 aliphatic carbocycles. The smallest absolute Gasteiger partial charge is 0.203 e. The first-order chi connectivity index (χ1) is 8.27. The van der Waals surface area contributed by atoms with Gasteiger partial charge in [-0.1, -0.05) is 13.0 Å². The van der Waals surface area contributed by atoms with Gasteiger partial charge in [0, 0.05) is 32.5 Å². The molecule has 0 radical (unpaired) electrons. The van der Waals surface area contributed by atoms with E-state index in [4.69, 9.17) is 4.74 Å². The lowest BCUT2D eigenvalue weighted by molar-refractivity contribution is 0.134. The molecule has 0 unspecified atom stereocenters. The number of aryl methyl sites for hydroxylation is 1. The standard InChI is InChI=1S/C13H23N3O/c1-4-8-16-11-12(3)15-13(16)14-7-6-10-17-9-5-2/h4,11H,1,5-10H2,2-3H3,(H,14,15). The number of hydrogen-bond acceptors (Lipinski definition) is 3. The molecule has 0 spiro atoms. The molecule has 0 aliphatic rings. The maximum atomic E-state index is 5.42. The highest BCUT2D eigenvalue weighted by Crippen LogP contribution is 2.08. The summed E-state index contributed by atoms with van der Waals surface area (Å²) in [5, 5.41) is 3.32. The van der Waals surface area contributed by atoms with Gasteiger partial charge in [0.2, 0.25) is 5.95 Å². The van der Waals surface area contributed by atoms with E-state index in [1.165, 1.54) is 0 Å². The van der Waals surface area contributed by atoms with E-state index < -0.39 is 0 Å². The van der Waals surface area contributed by atoms with Gasteiger partial charge in [0.05, 0.1) is 5.69 Å². The predicted octanol–water partition coefficient (Wildman–Crippen LogP) is 2.61. The van der Waals surface area contributed by atoms with Crippen LogP contribution in [0.4, 0.5) is 5.95 Å². The van der Waals surface area contributed by atoms with Gasteiger partial charge < -0.3 is 14.6 Å². The Kier molecular flexibility index (Phi) is 6.40. The third-order valence-corrected chi connectivity index (χ3v) is 2.32. The zero-order valence-electron chi connectivity index (χ0n) is 10.9. The molecule has 0 aromatic carbocycles. The first-order valence-electron chi connectivity index (χ1n) is 6.24. The van der Waals surface area contributed by atoms with Crippen molar-refractivity contribution in [2.45, 2.75) is 33.2 Å². The molecule has 0 saturated heterocycles. The van der Waals surface area contributed by atoms with Gasteiger partial charge in [0.1, 0.15) is 0 Å². The Morgan fingerprint density at radius 1 is 1.53 bits per heavy atom. The molecule has 0 atom stereocenters. The fraction of sp³-hybridized carbons (Fsp3) is 0.615. The summed E-state index contributed by atoms with van der Waals surface area (Å²) in [4.78, 5) is 4.43. The van der Waals surface area contributed by atoms with Crippen LogP contribution in [0.25, 0.3) is 0 Å². The monoisotopic (exact) mass is 237 g/mol. The number of ether oxygens (including phenoxy) is 1. The highest BCUT2D eigenvalue weighted by atomic mass is 16.5. The van der Waals surface area contributed by atoms with E-state index in [-0.39, 0.29) is 0 Å². The Labute approximate surface area is 104 Å². The Balaban J connectivity index is 2.28. The summed E-state index contributed by atoms with van der Waals surface area (Å²) < 4.78 is 7.49. The van der Waals surface area contributed by atoms with Gasteiger partial charge in [-0.15, -0.1) is 6.58 Å². The summed E-state index contributed by atoms with van der Waals surface area (Å²) in [5.74, 6) is 0.915. The molecule has 4 nitrogen and oxygen atoms in total. The third kappa shape index (κ3) is 5.04. The van der Waals surface area contributed by atoms with Crippen LogP contribution in [0.1, 0.15) is 25.5 Å². The quantitative estimate of drug-likeness (QED) is 0.530. The molecule has 1 heterocycles. The van der Waals surface area contributed by atoms with E-state index in [1.54, 1.807) is 0 Å². The summed E-state index contributed by atoms with van der Waals surface area (Å²) in [6.45, 7) is 11.2. The van der Waals surface area contributed by atoms with Crippen LogP contribution >= 0.6 is 0 Å². The number of nitrogens with one attached hydrogen (secondary N) is 1. The van der Waals surface area contributed by atoms with Crippen molar-refractivity contribution in [3.8, 4) is 0 Å². The Bertz CT molecular complexity index is 333. The number of rotatable bonds is 9. The maximum Gasteiger partial charge on any atom is 0.203 e. The molecule has 0 fully saturated rings. The minimum atomic E-state index is 0.787. The van der Waals surface area contributed by atoms with Gasteiger partial charge in [0.15, 0.2) is 0 Å². The number of nitrogens with zero attached hydrogens (tertiary/aromatic N) is 2. The van der Waals surface area contributed by atoms with Crippen LogP contribution in [-0.2, 0) is 11.3 Å². The van der Waals surface area contributed by atoms with Gasteiger partial charge in [-0.05, 0) is 19.8 Å². The summed E-state index contributed by atoms with van der Waals surface area (Å²) in [6, 6.07) is 0. The average molecular weight is 237 g/mol. The van der Waals surface area contributed by atoms with Crippen molar-refractivity contribution < 1.29 is 4.74 Å².